The topological polar surface area (TPSA) is 124 Å². The number of hydrogen-bond acceptors (Lipinski definition) is 6. The van der Waals surface area contributed by atoms with Gasteiger partial charge in [0.2, 0.25) is 5.91 Å². The van der Waals surface area contributed by atoms with Crippen molar-refractivity contribution in [3.63, 3.8) is 0 Å². The number of amides is 2. The first kappa shape index (κ1) is 21.9. The van der Waals surface area contributed by atoms with E-state index in [2.05, 4.69) is 25.8 Å². The van der Waals surface area contributed by atoms with Crippen LogP contribution in [0.5, 0.6) is 0 Å². The molecule has 2 heterocycles. The van der Waals surface area contributed by atoms with Crippen molar-refractivity contribution in [2.24, 2.45) is 0 Å². The number of benzene rings is 2. The molecule has 0 radical (unpaired) electrons. The van der Waals surface area contributed by atoms with Gasteiger partial charge in [0, 0.05) is 16.8 Å². The molecule has 0 aliphatic rings. The Balaban J connectivity index is 1.53. The van der Waals surface area contributed by atoms with Gasteiger partial charge in [-0.25, -0.2) is 14.3 Å². The third-order valence-electron chi connectivity index (χ3n) is 5.16. The lowest BCUT2D eigenvalue weighted by Gasteiger charge is -2.14. The standard InChI is InChI=1S/C23H23N7O3/c1-14(2)30-23(33)19-7-5-4-6-18(19)20(28-30)22(32)27-17-10-8-16(9-11-17)26-21(31)15(3)29-13-24-12-25-29/h4-15H,1-3H3,(H,26,31)(H,27,32). The van der Waals surface area contributed by atoms with Gasteiger partial charge in [0.25, 0.3) is 11.5 Å². The van der Waals surface area contributed by atoms with Crippen molar-refractivity contribution >= 4 is 34.0 Å². The fraction of sp³-hybridized carbons (Fsp3) is 0.217. The maximum Gasteiger partial charge on any atom is 0.276 e. The van der Waals surface area contributed by atoms with Crippen molar-refractivity contribution in [3.8, 4) is 0 Å². The highest BCUT2D eigenvalue weighted by Gasteiger charge is 2.18. The van der Waals surface area contributed by atoms with Crippen LogP contribution in [-0.4, -0.2) is 36.4 Å². The van der Waals surface area contributed by atoms with Crippen LogP contribution in [0.25, 0.3) is 10.8 Å². The summed E-state index contributed by atoms with van der Waals surface area (Å²) in [5.41, 5.74) is 1.02. The highest BCUT2D eigenvalue weighted by Crippen LogP contribution is 2.19. The zero-order valence-electron chi connectivity index (χ0n) is 18.4. The van der Waals surface area contributed by atoms with Crippen LogP contribution in [-0.2, 0) is 4.79 Å². The molecular formula is C23H23N7O3. The molecule has 0 bridgehead atoms. The molecule has 2 aromatic carbocycles. The minimum Gasteiger partial charge on any atom is -0.324 e. The molecule has 1 unspecified atom stereocenters. The summed E-state index contributed by atoms with van der Waals surface area (Å²) in [4.78, 5) is 41.9. The van der Waals surface area contributed by atoms with Crippen LogP contribution in [0, 0.1) is 0 Å². The molecule has 2 amide bonds. The quantitative estimate of drug-likeness (QED) is 0.470. The Morgan fingerprint density at radius 1 is 0.909 bits per heavy atom. The van der Waals surface area contributed by atoms with Crippen LogP contribution in [0.2, 0.25) is 0 Å². The van der Waals surface area contributed by atoms with Crippen LogP contribution >= 0.6 is 0 Å². The summed E-state index contributed by atoms with van der Waals surface area (Å²) < 4.78 is 2.77. The number of nitrogens with one attached hydrogen (secondary N) is 2. The molecule has 0 saturated heterocycles. The number of fused-ring (bicyclic) bond motifs is 1. The molecule has 10 nitrogen and oxygen atoms in total. The van der Waals surface area contributed by atoms with Crippen molar-refractivity contribution in [1.82, 2.24) is 24.5 Å². The van der Waals surface area contributed by atoms with Crippen molar-refractivity contribution in [2.75, 3.05) is 10.6 Å². The summed E-state index contributed by atoms with van der Waals surface area (Å²) in [6, 6.07) is 12.9. The zero-order valence-corrected chi connectivity index (χ0v) is 18.4. The van der Waals surface area contributed by atoms with Crippen molar-refractivity contribution in [3.05, 3.63) is 77.2 Å². The third-order valence-corrected chi connectivity index (χ3v) is 5.16. The lowest BCUT2D eigenvalue weighted by Crippen LogP contribution is -2.28. The first-order chi connectivity index (χ1) is 15.8. The summed E-state index contributed by atoms with van der Waals surface area (Å²) in [6.45, 7) is 5.38. The Labute approximate surface area is 189 Å². The van der Waals surface area contributed by atoms with Gasteiger partial charge in [-0.2, -0.15) is 10.2 Å². The molecule has 0 aliphatic carbocycles. The van der Waals surface area contributed by atoms with Gasteiger partial charge >= 0.3 is 0 Å². The van der Waals surface area contributed by atoms with Crippen molar-refractivity contribution < 1.29 is 9.59 Å². The molecule has 10 heteroatoms. The van der Waals surface area contributed by atoms with Crippen LogP contribution in [0.3, 0.4) is 0 Å². The molecule has 1 atom stereocenters. The van der Waals surface area contributed by atoms with Gasteiger partial charge in [-0.3, -0.25) is 14.4 Å². The van der Waals surface area contributed by atoms with Crippen LogP contribution in [0.4, 0.5) is 11.4 Å². The van der Waals surface area contributed by atoms with E-state index in [0.29, 0.717) is 22.1 Å². The Kier molecular flexibility index (Phi) is 5.99. The first-order valence-corrected chi connectivity index (χ1v) is 10.4. The second-order valence-corrected chi connectivity index (χ2v) is 7.81. The molecule has 2 N–H and O–H groups in total. The van der Waals surface area contributed by atoms with Crippen molar-refractivity contribution in [2.45, 2.75) is 32.9 Å². The van der Waals surface area contributed by atoms with Gasteiger partial charge in [-0.05, 0) is 51.1 Å². The summed E-state index contributed by atoms with van der Waals surface area (Å²) in [6.07, 6.45) is 2.84. The fourth-order valence-corrected chi connectivity index (χ4v) is 3.34. The van der Waals surface area contributed by atoms with Crippen molar-refractivity contribution in [1.29, 1.82) is 0 Å². The van der Waals surface area contributed by atoms with E-state index >= 15 is 0 Å². The summed E-state index contributed by atoms with van der Waals surface area (Å²) in [7, 11) is 0. The van der Waals surface area contributed by atoms with Crippen LogP contribution in [0.15, 0.2) is 66.0 Å². The second-order valence-electron chi connectivity index (χ2n) is 7.81. The van der Waals surface area contributed by atoms with Crippen LogP contribution in [0.1, 0.15) is 43.3 Å². The van der Waals surface area contributed by atoms with E-state index < -0.39 is 11.9 Å². The van der Waals surface area contributed by atoms with E-state index in [1.165, 1.54) is 22.0 Å². The molecule has 4 rings (SSSR count). The molecule has 0 spiro atoms. The number of aromatic nitrogens is 5. The van der Waals surface area contributed by atoms with Gasteiger partial charge in [-0.1, -0.05) is 18.2 Å². The third kappa shape index (κ3) is 4.49. The van der Waals surface area contributed by atoms with Gasteiger partial charge in [0.15, 0.2) is 5.69 Å². The van der Waals surface area contributed by atoms with E-state index in [4.69, 9.17) is 0 Å². The van der Waals surface area contributed by atoms with E-state index in [9.17, 15) is 14.4 Å². The van der Waals surface area contributed by atoms with E-state index in [0.717, 1.165) is 0 Å². The molecule has 4 aromatic rings. The number of nitrogens with zero attached hydrogens (tertiary/aromatic N) is 5. The smallest absolute Gasteiger partial charge is 0.276 e. The monoisotopic (exact) mass is 445 g/mol. The van der Waals surface area contributed by atoms with E-state index in [1.807, 2.05) is 13.8 Å². The summed E-state index contributed by atoms with van der Waals surface area (Å²) in [5, 5.41) is 14.8. The predicted octanol–water partition coefficient (Wildman–Crippen LogP) is 3.02. The predicted molar refractivity (Wildman–Crippen MR) is 124 cm³/mol. The lowest BCUT2D eigenvalue weighted by molar-refractivity contribution is -0.119. The van der Waals surface area contributed by atoms with Gasteiger partial charge in [0.1, 0.15) is 18.7 Å². The summed E-state index contributed by atoms with van der Waals surface area (Å²) >= 11 is 0. The Bertz CT molecular complexity index is 1360. The Hall–Kier alpha value is -4.34. The summed E-state index contributed by atoms with van der Waals surface area (Å²) in [5.74, 6) is -0.680. The average molecular weight is 445 g/mol. The van der Waals surface area contributed by atoms with Gasteiger partial charge < -0.3 is 10.6 Å². The Morgan fingerprint density at radius 2 is 1.55 bits per heavy atom. The molecule has 168 valence electrons. The SMILES string of the molecule is CC(C(=O)Nc1ccc(NC(=O)c2nn(C(C)C)c(=O)c3ccccc23)cc1)n1cncn1. The number of rotatable bonds is 6. The first-order valence-electron chi connectivity index (χ1n) is 10.4. The minimum absolute atomic E-state index is 0.165. The Morgan fingerprint density at radius 3 is 2.15 bits per heavy atom. The molecule has 0 saturated carbocycles. The second kappa shape index (κ2) is 9.03. The fourth-order valence-electron chi connectivity index (χ4n) is 3.34. The van der Waals surface area contributed by atoms with Gasteiger partial charge in [-0.15, -0.1) is 0 Å². The number of hydrogen-bond donors (Lipinski definition) is 2. The van der Waals surface area contributed by atoms with E-state index in [1.54, 1.807) is 55.5 Å². The molecule has 0 aliphatic heterocycles. The highest BCUT2D eigenvalue weighted by molar-refractivity contribution is 6.11. The minimum atomic E-state index is -0.525. The van der Waals surface area contributed by atoms with E-state index in [-0.39, 0.29) is 23.2 Å². The maximum atomic E-state index is 13.0. The number of carbonyl (C=O) groups is 2. The molecular weight excluding hydrogens is 422 g/mol. The highest BCUT2D eigenvalue weighted by atomic mass is 16.2. The molecule has 33 heavy (non-hydrogen) atoms. The normalized spacial score (nSPS) is 12.0. The average Bonchev–Trinajstić information content (AvgIpc) is 3.35. The largest absolute Gasteiger partial charge is 0.324 e. The molecule has 2 aromatic heterocycles. The number of carbonyl (C=O) groups excluding carboxylic acids is 2. The number of anilines is 2. The lowest BCUT2D eigenvalue weighted by atomic mass is 10.1. The maximum absolute atomic E-state index is 13.0. The van der Waals surface area contributed by atoms with Crippen LogP contribution < -0.4 is 16.2 Å². The zero-order chi connectivity index (χ0) is 23.5. The van der Waals surface area contributed by atoms with Gasteiger partial charge in [0.05, 0.1) is 11.4 Å². The molecule has 0 fully saturated rings.